The lowest BCUT2D eigenvalue weighted by Crippen LogP contribution is -2.07. The van der Waals surface area contributed by atoms with Crippen LogP contribution in [0.15, 0.2) is 17.1 Å². The molecule has 0 unspecified atom stereocenters. The van der Waals surface area contributed by atoms with E-state index in [0.29, 0.717) is 0 Å². The summed E-state index contributed by atoms with van der Waals surface area (Å²) in [7, 11) is 0.0503. The molecule has 0 aliphatic heterocycles. The van der Waals surface area contributed by atoms with Gasteiger partial charge in [-0.25, -0.2) is 0 Å². The molecular weight excluding hydrogens is 249 g/mol. The zero-order chi connectivity index (χ0) is 14.6. The van der Waals surface area contributed by atoms with Crippen LogP contribution >= 0.6 is 7.92 Å². The number of nitrogens with zero attached hydrogens (tertiary/aromatic N) is 1. The Hall–Kier alpha value is -0.680. The predicted octanol–water partition coefficient (Wildman–Crippen LogP) is 5.61. The highest BCUT2D eigenvalue weighted by Crippen LogP contribution is 2.45. The first kappa shape index (κ1) is 16.4. The van der Waals surface area contributed by atoms with Crippen LogP contribution in [0.1, 0.15) is 44.4 Å². The maximum Gasteiger partial charge on any atom is 0.0684 e. The second-order valence-electron chi connectivity index (χ2n) is 5.94. The zero-order valence-electron chi connectivity index (χ0n) is 13.5. The molecule has 2 heteroatoms. The Balaban J connectivity index is 2.83. The highest BCUT2D eigenvalue weighted by molar-refractivity contribution is 7.59. The number of aryl methyl sites for hydroxylation is 3. The van der Waals surface area contributed by atoms with Crippen molar-refractivity contribution in [2.45, 2.75) is 59.8 Å². The van der Waals surface area contributed by atoms with E-state index >= 15 is 0 Å². The Labute approximate surface area is 120 Å². The fourth-order valence-corrected chi connectivity index (χ4v) is 4.93. The molecule has 0 atom stereocenters. The van der Waals surface area contributed by atoms with Crippen LogP contribution in [0.2, 0.25) is 0 Å². The highest BCUT2D eigenvalue weighted by atomic mass is 31.1. The SMILES string of the molecule is Cc1cc(C)c(N=CCP(C(C)C)C(C)C)c(C)c1. The molecular formula is C17H28NP. The van der Waals surface area contributed by atoms with Crippen molar-refractivity contribution in [1.29, 1.82) is 0 Å². The van der Waals surface area contributed by atoms with Crippen molar-refractivity contribution in [3.05, 3.63) is 28.8 Å². The third-order valence-corrected chi connectivity index (χ3v) is 6.71. The summed E-state index contributed by atoms with van der Waals surface area (Å²) in [6.07, 6.45) is 3.29. The Bertz CT molecular complexity index is 416. The molecule has 1 aromatic rings. The molecule has 0 saturated carbocycles. The quantitative estimate of drug-likeness (QED) is 0.490. The summed E-state index contributed by atoms with van der Waals surface area (Å²) in [5, 5.41) is 0. The minimum absolute atomic E-state index is 0.0503. The fraction of sp³-hybridized carbons (Fsp3) is 0.588. The summed E-state index contributed by atoms with van der Waals surface area (Å²) in [4.78, 5) is 4.74. The molecule has 0 N–H and O–H groups in total. The monoisotopic (exact) mass is 277 g/mol. The molecule has 0 aliphatic rings. The van der Waals surface area contributed by atoms with E-state index in [1.54, 1.807) is 0 Å². The number of hydrogen-bond donors (Lipinski definition) is 0. The summed E-state index contributed by atoms with van der Waals surface area (Å²) in [6.45, 7) is 15.8. The predicted molar refractivity (Wildman–Crippen MR) is 90.9 cm³/mol. The van der Waals surface area contributed by atoms with Gasteiger partial charge in [0.15, 0.2) is 0 Å². The Morgan fingerprint density at radius 2 is 1.47 bits per heavy atom. The maximum absolute atomic E-state index is 4.74. The molecule has 0 heterocycles. The Morgan fingerprint density at radius 3 is 1.89 bits per heavy atom. The summed E-state index contributed by atoms with van der Waals surface area (Å²) >= 11 is 0. The van der Waals surface area contributed by atoms with Crippen LogP contribution in [0.4, 0.5) is 5.69 Å². The van der Waals surface area contributed by atoms with Crippen LogP contribution in [-0.4, -0.2) is 23.7 Å². The fourth-order valence-electron chi connectivity index (χ4n) is 2.62. The first-order valence-corrected chi connectivity index (χ1v) is 8.85. The smallest absolute Gasteiger partial charge is 0.0684 e. The molecule has 106 valence electrons. The number of benzene rings is 1. The second-order valence-corrected chi connectivity index (χ2v) is 9.40. The number of hydrogen-bond acceptors (Lipinski definition) is 1. The molecule has 1 nitrogen and oxygen atoms in total. The molecule has 19 heavy (non-hydrogen) atoms. The Morgan fingerprint density at radius 1 is 1.00 bits per heavy atom. The molecule has 0 spiro atoms. The molecule has 0 aromatic heterocycles. The summed E-state index contributed by atoms with van der Waals surface area (Å²) in [5.74, 6) is 0. The van der Waals surface area contributed by atoms with Gasteiger partial charge in [-0.2, -0.15) is 0 Å². The average molecular weight is 277 g/mol. The van der Waals surface area contributed by atoms with Gasteiger partial charge in [0.05, 0.1) is 5.69 Å². The topological polar surface area (TPSA) is 12.4 Å². The lowest BCUT2D eigenvalue weighted by Gasteiger charge is -2.23. The zero-order valence-corrected chi connectivity index (χ0v) is 14.4. The van der Waals surface area contributed by atoms with E-state index in [9.17, 15) is 0 Å². The van der Waals surface area contributed by atoms with Crippen molar-refractivity contribution in [1.82, 2.24) is 0 Å². The molecule has 1 rings (SSSR count). The summed E-state index contributed by atoms with van der Waals surface area (Å²) < 4.78 is 0. The minimum Gasteiger partial charge on any atom is -0.260 e. The van der Waals surface area contributed by atoms with Gasteiger partial charge in [0.25, 0.3) is 0 Å². The van der Waals surface area contributed by atoms with Crippen molar-refractivity contribution in [2.75, 3.05) is 6.16 Å². The molecule has 0 radical (unpaired) electrons. The molecule has 0 bridgehead atoms. The van der Waals surface area contributed by atoms with Gasteiger partial charge in [-0.15, -0.1) is 0 Å². The van der Waals surface area contributed by atoms with Gasteiger partial charge in [0, 0.05) is 12.4 Å². The van der Waals surface area contributed by atoms with E-state index in [4.69, 9.17) is 4.99 Å². The lowest BCUT2D eigenvalue weighted by atomic mass is 10.1. The molecule has 1 aromatic carbocycles. The normalized spacial score (nSPS) is 12.3. The van der Waals surface area contributed by atoms with Crippen LogP contribution in [0, 0.1) is 20.8 Å². The number of rotatable bonds is 5. The van der Waals surface area contributed by atoms with Gasteiger partial charge in [-0.05, 0) is 43.2 Å². The van der Waals surface area contributed by atoms with Gasteiger partial charge >= 0.3 is 0 Å². The standard InChI is InChI=1S/C17H28NP/c1-12(2)19(13(3)4)9-8-18-17-15(6)10-14(5)11-16(17)7/h8,10-13H,9H2,1-7H3. The molecule has 0 aliphatic carbocycles. The maximum atomic E-state index is 4.74. The van der Waals surface area contributed by atoms with E-state index in [1.165, 1.54) is 16.7 Å². The van der Waals surface area contributed by atoms with E-state index in [2.05, 4.69) is 66.8 Å². The summed E-state index contributed by atoms with van der Waals surface area (Å²) in [5.41, 5.74) is 6.61. The third kappa shape index (κ3) is 4.73. The van der Waals surface area contributed by atoms with Crippen LogP contribution < -0.4 is 0 Å². The van der Waals surface area contributed by atoms with Crippen molar-refractivity contribution in [2.24, 2.45) is 4.99 Å². The van der Waals surface area contributed by atoms with Crippen molar-refractivity contribution in [3.63, 3.8) is 0 Å². The van der Waals surface area contributed by atoms with E-state index in [0.717, 1.165) is 23.2 Å². The van der Waals surface area contributed by atoms with E-state index in [-0.39, 0.29) is 7.92 Å². The van der Waals surface area contributed by atoms with E-state index in [1.807, 2.05) is 0 Å². The molecule has 0 fully saturated rings. The average Bonchev–Trinajstić information content (AvgIpc) is 2.25. The van der Waals surface area contributed by atoms with Crippen LogP contribution in [0.3, 0.4) is 0 Å². The molecule has 0 amide bonds. The largest absolute Gasteiger partial charge is 0.260 e. The van der Waals surface area contributed by atoms with Crippen molar-refractivity contribution >= 4 is 19.8 Å². The van der Waals surface area contributed by atoms with Gasteiger partial charge in [-0.3, -0.25) is 4.99 Å². The van der Waals surface area contributed by atoms with Crippen LogP contribution in [-0.2, 0) is 0 Å². The van der Waals surface area contributed by atoms with Gasteiger partial charge in [0.2, 0.25) is 0 Å². The van der Waals surface area contributed by atoms with Gasteiger partial charge in [-0.1, -0.05) is 53.3 Å². The first-order valence-electron chi connectivity index (χ1n) is 7.19. The van der Waals surface area contributed by atoms with Crippen molar-refractivity contribution in [3.8, 4) is 0 Å². The van der Waals surface area contributed by atoms with E-state index < -0.39 is 0 Å². The minimum atomic E-state index is 0.0503. The van der Waals surface area contributed by atoms with Gasteiger partial charge < -0.3 is 0 Å². The first-order chi connectivity index (χ1) is 8.82. The lowest BCUT2D eigenvalue weighted by molar-refractivity contribution is 1.01. The molecule has 0 saturated heterocycles. The van der Waals surface area contributed by atoms with Crippen LogP contribution in [0.25, 0.3) is 0 Å². The summed E-state index contributed by atoms with van der Waals surface area (Å²) in [6, 6.07) is 4.43. The number of aliphatic imine (C=N–C) groups is 1. The Kier molecular flexibility index (Phi) is 6.20. The van der Waals surface area contributed by atoms with Crippen molar-refractivity contribution < 1.29 is 0 Å². The van der Waals surface area contributed by atoms with Crippen LogP contribution in [0.5, 0.6) is 0 Å². The van der Waals surface area contributed by atoms with Gasteiger partial charge in [0.1, 0.15) is 0 Å². The third-order valence-electron chi connectivity index (χ3n) is 3.47. The highest BCUT2D eigenvalue weighted by Gasteiger charge is 2.15. The second kappa shape index (κ2) is 7.20.